The standard InChI is InChI=1S/C21H13N3O4S/c25-20(26)12-3-5-22-15(8-12)17-10-14(19-2-1-7-29-19)11-18(24-17)16-9-13(21(27)28)4-6-23-16/h1-11H,(H,25,26)(H,27,28). The van der Waals surface area contributed by atoms with Crippen molar-refractivity contribution in [2.45, 2.75) is 0 Å². The second-order valence-electron chi connectivity index (χ2n) is 6.07. The van der Waals surface area contributed by atoms with Crippen LogP contribution >= 0.6 is 11.3 Å². The van der Waals surface area contributed by atoms with Crippen LogP contribution in [0.15, 0.2) is 66.3 Å². The SMILES string of the molecule is O=C(O)c1ccnc(-c2cc(-c3cccs3)cc(-c3cc(C(=O)O)ccn3)n2)c1. The van der Waals surface area contributed by atoms with E-state index < -0.39 is 11.9 Å². The number of aromatic carboxylic acids is 2. The minimum Gasteiger partial charge on any atom is -0.478 e. The molecule has 29 heavy (non-hydrogen) atoms. The molecule has 0 aliphatic carbocycles. The molecule has 7 nitrogen and oxygen atoms in total. The lowest BCUT2D eigenvalue weighted by Crippen LogP contribution is -2.00. The predicted octanol–water partition coefficient (Wildman–Crippen LogP) is 4.33. The van der Waals surface area contributed by atoms with E-state index in [4.69, 9.17) is 0 Å². The van der Waals surface area contributed by atoms with Crippen molar-refractivity contribution in [3.8, 4) is 33.2 Å². The van der Waals surface area contributed by atoms with E-state index in [1.807, 2.05) is 29.6 Å². The zero-order valence-electron chi connectivity index (χ0n) is 14.8. The molecule has 4 rings (SSSR count). The summed E-state index contributed by atoms with van der Waals surface area (Å²) in [5.41, 5.74) is 2.80. The molecule has 0 aliphatic heterocycles. The average Bonchev–Trinajstić information content (AvgIpc) is 3.28. The molecule has 0 aliphatic rings. The molecule has 4 heterocycles. The molecule has 4 aromatic heterocycles. The van der Waals surface area contributed by atoms with Crippen LogP contribution in [-0.2, 0) is 0 Å². The van der Waals surface area contributed by atoms with Gasteiger partial charge in [0, 0.05) is 17.3 Å². The Morgan fingerprint density at radius 3 is 1.76 bits per heavy atom. The van der Waals surface area contributed by atoms with Gasteiger partial charge in [0.2, 0.25) is 0 Å². The maximum atomic E-state index is 11.3. The molecule has 0 spiro atoms. The number of rotatable bonds is 5. The smallest absolute Gasteiger partial charge is 0.335 e. The molecule has 0 bridgehead atoms. The third-order valence-corrected chi connectivity index (χ3v) is 5.09. The van der Waals surface area contributed by atoms with Crippen LogP contribution in [0.1, 0.15) is 20.7 Å². The van der Waals surface area contributed by atoms with Crippen LogP contribution in [0.4, 0.5) is 0 Å². The number of carboxylic acid groups (broad SMARTS) is 2. The van der Waals surface area contributed by atoms with Crippen molar-refractivity contribution in [1.29, 1.82) is 0 Å². The zero-order valence-corrected chi connectivity index (χ0v) is 15.6. The number of nitrogens with zero attached hydrogens (tertiary/aromatic N) is 3. The largest absolute Gasteiger partial charge is 0.478 e. The van der Waals surface area contributed by atoms with Crippen molar-refractivity contribution >= 4 is 23.3 Å². The van der Waals surface area contributed by atoms with E-state index >= 15 is 0 Å². The molecule has 4 aromatic rings. The summed E-state index contributed by atoms with van der Waals surface area (Å²) < 4.78 is 0. The minimum absolute atomic E-state index is 0.103. The Bertz CT molecular complexity index is 1150. The molecule has 0 unspecified atom stereocenters. The molecule has 0 radical (unpaired) electrons. The fourth-order valence-corrected chi connectivity index (χ4v) is 3.50. The second-order valence-corrected chi connectivity index (χ2v) is 7.02. The first-order chi connectivity index (χ1) is 14.0. The lowest BCUT2D eigenvalue weighted by Gasteiger charge is -2.09. The van der Waals surface area contributed by atoms with Crippen LogP contribution in [0.25, 0.3) is 33.2 Å². The summed E-state index contributed by atoms with van der Waals surface area (Å²) in [6.07, 6.45) is 2.84. The second kappa shape index (κ2) is 7.61. The molecule has 0 fully saturated rings. The van der Waals surface area contributed by atoms with E-state index in [2.05, 4.69) is 15.0 Å². The highest BCUT2D eigenvalue weighted by Gasteiger charge is 2.14. The average molecular weight is 403 g/mol. The topological polar surface area (TPSA) is 113 Å². The fourth-order valence-electron chi connectivity index (χ4n) is 2.79. The molecule has 142 valence electrons. The van der Waals surface area contributed by atoms with Gasteiger partial charge in [-0.25, -0.2) is 14.6 Å². The highest BCUT2D eigenvalue weighted by molar-refractivity contribution is 7.13. The quantitative estimate of drug-likeness (QED) is 0.510. The summed E-state index contributed by atoms with van der Waals surface area (Å²) >= 11 is 1.54. The number of aromatic nitrogens is 3. The predicted molar refractivity (Wildman–Crippen MR) is 108 cm³/mol. The van der Waals surface area contributed by atoms with Gasteiger partial charge in [-0.2, -0.15) is 0 Å². The molecule has 0 amide bonds. The number of carbonyl (C=O) groups is 2. The summed E-state index contributed by atoms with van der Waals surface area (Å²) in [5.74, 6) is -2.11. The van der Waals surface area contributed by atoms with Crippen LogP contribution in [0.5, 0.6) is 0 Å². The van der Waals surface area contributed by atoms with Crippen molar-refractivity contribution in [2.24, 2.45) is 0 Å². The number of hydrogen-bond acceptors (Lipinski definition) is 6. The van der Waals surface area contributed by atoms with Crippen molar-refractivity contribution in [1.82, 2.24) is 15.0 Å². The zero-order chi connectivity index (χ0) is 20.4. The van der Waals surface area contributed by atoms with Gasteiger partial charge in [-0.05, 0) is 53.4 Å². The summed E-state index contributed by atoms with van der Waals surface area (Å²) in [4.78, 5) is 36.7. The lowest BCUT2D eigenvalue weighted by molar-refractivity contribution is 0.0686. The summed E-state index contributed by atoms with van der Waals surface area (Å²) in [5, 5.41) is 20.5. The maximum absolute atomic E-state index is 11.3. The van der Waals surface area contributed by atoms with Gasteiger partial charge in [0.15, 0.2) is 0 Å². The monoisotopic (exact) mass is 403 g/mol. The van der Waals surface area contributed by atoms with Gasteiger partial charge in [-0.1, -0.05) is 6.07 Å². The van der Waals surface area contributed by atoms with E-state index in [9.17, 15) is 19.8 Å². The van der Waals surface area contributed by atoms with Crippen LogP contribution in [-0.4, -0.2) is 37.1 Å². The Kier molecular flexibility index (Phi) is 4.84. The molecule has 0 aromatic carbocycles. The van der Waals surface area contributed by atoms with Gasteiger partial charge in [-0.15, -0.1) is 11.3 Å². The Balaban J connectivity index is 1.91. The maximum Gasteiger partial charge on any atom is 0.335 e. The van der Waals surface area contributed by atoms with Crippen LogP contribution in [0.2, 0.25) is 0 Å². The highest BCUT2D eigenvalue weighted by Crippen LogP contribution is 2.31. The number of carboxylic acids is 2. The van der Waals surface area contributed by atoms with Crippen molar-refractivity contribution in [3.63, 3.8) is 0 Å². The fraction of sp³-hybridized carbons (Fsp3) is 0. The van der Waals surface area contributed by atoms with E-state index in [0.29, 0.717) is 22.8 Å². The summed E-state index contributed by atoms with van der Waals surface area (Å²) in [6.45, 7) is 0. The normalized spacial score (nSPS) is 10.6. The van der Waals surface area contributed by atoms with Gasteiger partial charge in [0.1, 0.15) is 0 Å². The first-order valence-corrected chi connectivity index (χ1v) is 9.34. The molecule has 0 saturated heterocycles. The first-order valence-electron chi connectivity index (χ1n) is 8.46. The number of thiophene rings is 1. The van der Waals surface area contributed by atoms with Gasteiger partial charge >= 0.3 is 11.9 Å². The molecule has 2 N–H and O–H groups in total. The number of hydrogen-bond donors (Lipinski definition) is 2. The van der Waals surface area contributed by atoms with E-state index in [1.54, 1.807) is 11.3 Å². The van der Waals surface area contributed by atoms with Crippen LogP contribution in [0, 0.1) is 0 Å². The van der Waals surface area contributed by atoms with Gasteiger partial charge in [-0.3, -0.25) is 9.97 Å². The van der Waals surface area contributed by atoms with E-state index in [0.717, 1.165) is 10.4 Å². The minimum atomic E-state index is -1.06. The Morgan fingerprint density at radius 2 is 1.31 bits per heavy atom. The third-order valence-electron chi connectivity index (χ3n) is 4.17. The third kappa shape index (κ3) is 3.87. The molecular formula is C21H13N3O4S. The van der Waals surface area contributed by atoms with E-state index in [1.165, 1.54) is 36.7 Å². The molecule has 8 heteroatoms. The van der Waals surface area contributed by atoms with Gasteiger partial charge < -0.3 is 10.2 Å². The van der Waals surface area contributed by atoms with Gasteiger partial charge in [0.05, 0.1) is 33.9 Å². The molecule has 0 atom stereocenters. The Labute approximate surface area is 169 Å². The van der Waals surface area contributed by atoms with Crippen LogP contribution in [0.3, 0.4) is 0 Å². The van der Waals surface area contributed by atoms with Gasteiger partial charge in [0.25, 0.3) is 0 Å². The number of pyridine rings is 3. The Morgan fingerprint density at radius 1 is 0.759 bits per heavy atom. The van der Waals surface area contributed by atoms with Crippen LogP contribution < -0.4 is 0 Å². The highest BCUT2D eigenvalue weighted by atomic mass is 32.1. The summed E-state index contributed by atoms with van der Waals surface area (Å²) in [7, 11) is 0. The van der Waals surface area contributed by atoms with E-state index in [-0.39, 0.29) is 11.1 Å². The first kappa shape index (κ1) is 18.5. The molecular weight excluding hydrogens is 390 g/mol. The lowest BCUT2D eigenvalue weighted by atomic mass is 10.1. The van der Waals surface area contributed by atoms with Crippen molar-refractivity contribution < 1.29 is 19.8 Å². The Hall–Kier alpha value is -3.91. The molecule has 0 saturated carbocycles. The summed E-state index contributed by atoms with van der Waals surface area (Å²) in [6, 6.07) is 13.2. The van der Waals surface area contributed by atoms with Crippen molar-refractivity contribution in [3.05, 3.63) is 77.4 Å². The van der Waals surface area contributed by atoms with Crippen molar-refractivity contribution in [2.75, 3.05) is 0 Å².